The van der Waals surface area contributed by atoms with E-state index in [1.807, 2.05) is 35.8 Å². The van der Waals surface area contributed by atoms with Crippen LogP contribution in [0, 0.1) is 0 Å². The second kappa shape index (κ2) is 4.91. The van der Waals surface area contributed by atoms with Crippen LogP contribution < -0.4 is 5.48 Å². The number of halogens is 1. The zero-order valence-electron chi connectivity index (χ0n) is 8.18. The van der Waals surface area contributed by atoms with Gasteiger partial charge in [0.15, 0.2) is 5.82 Å². The van der Waals surface area contributed by atoms with Gasteiger partial charge in [0.25, 0.3) is 0 Å². The maximum Gasteiger partial charge on any atom is 0.190 e. The molecule has 0 fully saturated rings. The third-order valence-electron chi connectivity index (χ3n) is 2.00. The van der Waals surface area contributed by atoms with E-state index in [9.17, 15) is 0 Å². The van der Waals surface area contributed by atoms with E-state index in [4.69, 9.17) is 5.21 Å². The summed E-state index contributed by atoms with van der Waals surface area (Å²) in [5.41, 5.74) is 3.69. The van der Waals surface area contributed by atoms with Crippen LogP contribution in [0.3, 0.4) is 0 Å². The first-order chi connectivity index (χ1) is 7.83. The highest BCUT2D eigenvalue weighted by Gasteiger charge is 2.10. The number of nitrogens with one attached hydrogen (secondary N) is 2. The van der Waals surface area contributed by atoms with Crippen LogP contribution in [0.5, 0.6) is 0 Å². The van der Waals surface area contributed by atoms with Crippen LogP contribution in [0.2, 0.25) is 0 Å². The molecule has 3 N–H and O–H groups in total. The Bertz CT molecular complexity index is 495. The summed E-state index contributed by atoms with van der Waals surface area (Å²) in [6, 6.07) is 9.77. The van der Waals surface area contributed by atoms with Gasteiger partial charge in [0.1, 0.15) is 6.34 Å². The molecule has 1 aromatic heterocycles. The maximum atomic E-state index is 8.39. The molecule has 0 aliphatic heterocycles. The predicted octanol–water partition coefficient (Wildman–Crippen LogP) is 2.48. The van der Waals surface area contributed by atoms with Crippen molar-refractivity contribution in [2.45, 2.75) is 0 Å². The number of rotatable bonds is 3. The first kappa shape index (κ1) is 10.8. The largest absolute Gasteiger partial charge is 0.290 e. The molecule has 82 valence electrons. The number of aromatic nitrogens is 2. The molecule has 5 nitrogen and oxygen atoms in total. The van der Waals surface area contributed by atoms with Gasteiger partial charge in [-0.2, -0.15) is 5.10 Å². The number of hydrogen-bond donors (Lipinski definition) is 3. The van der Waals surface area contributed by atoms with Gasteiger partial charge in [-0.3, -0.25) is 15.8 Å². The molecule has 6 heteroatoms. The number of hydrogen-bond acceptors (Lipinski definition) is 3. The summed E-state index contributed by atoms with van der Waals surface area (Å²) in [6.45, 7) is 0. The quantitative estimate of drug-likeness (QED) is 0.459. The first-order valence-corrected chi connectivity index (χ1v) is 5.33. The Kier molecular flexibility index (Phi) is 3.33. The van der Waals surface area contributed by atoms with Crippen molar-refractivity contribution in [1.29, 1.82) is 0 Å². The van der Waals surface area contributed by atoms with Crippen LogP contribution in [0.25, 0.3) is 11.3 Å². The lowest BCUT2D eigenvalue weighted by molar-refractivity contribution is 0.240. The molecule has 0 atom stereocenters. The molecule has 0 spiro atoms. The zero-order valence-corrected chi connectivity index (χ0v) is 9.77. The van der Waals surface area contributed by atoms with E-state index in [2.05, 4.69) is 31.1 Å². The highest BCUT2D eigenvalue weighted by atomic mass is 79.9. The molecule has 0 amide bonds. The van der Waals surface area contributed by atoms with Gasteiger partial charge >= 0.3 is 0 Å². The maximum absolute atomic E-state index is 8.39. The van der Waals surface area contributed by atoms with Crippen molar-refractivity contribution in [1.82, 2.24) is 15.7 Å². The summed E-state index contributed by atoms with van der Waals surface area (Å²) in [6.07, 6.45) is 1.15. The molecule has 1 aromatic carbocycles. The average molecular weight is 281 g/mol. The van der Waals surface area contributed by atoms with Crippen molar-refractivity contribution in [3.05, 3.63) is 34.8 Å². The van der Waals surface area contributed by atoms with Crippen LogP contribution in [-0.4, -0.2) is 21.7 Å². The van der Waals surface area contributed by atoms with Crippen molar-refractivity contribution >= 4 is 28.1 Å². The normalized spacial score (nSPS) is 10.9. The van der Waals surface area contributed by atoms with Gasteiger partial charge < -0.3 is 0 Å². The number of H-pyrrole nitrogens is 1. The minimum atomic E-state index is 0.473. The van der Waals surface area contributed by atoms with E-state index < -0.39 is 0 Å². The molecular formula is C10H9BrN4O. The van der Waals surface area contributed by atoms with Crippen molar-refractivity contribution in [2.75, 3.05) is 0 Å². The molecule has 0 bridgehead atoms. The van der Waals surface area contributed by atoms with Gasteiger partial charge in [-0.15, -0.1) is 0 Å². The number of aromatic amines is 1. The Morgan fingerprint density at radius 2 is 2.12 bits per heavy atom. The molecule has 0 saturated heterocycles. The van der Waals surface area contributed by atoms with E-state index >= 15 is 0 Å². The molecule has 2 rings (SSSR count). The number of hydroxylamine groups is 1. The summed E-state index contributed by atoms with van der Waals surface area (Å²) < 4.78 is 0.755. The van der Waals surface area contributed by atoms with E-state index in [0.29, 0.717) is 5.82 Å². The lowest BCUT2D eigenvalue weighted by atomic mass is 10.2. The minimum Gasteiger partial charge on any atom is -0.290 e. The lowest BCUT2D eigenvalue weighted by Crippen LogP contribution is -2.00. The molecule has 0 saturated carbocycles. The van der Waals surface area contributed by atoms with Crippen LogP contribution in [0.4, 0.5) is 5.82 Å². The SMILES string of the molecule is ONC=Nc1n[nH]c(-c2ccccc2)c1Br. The Labute approximate surface area is 100 Å². The van der Waals surface area contributed by atoms with E-state index in [1.54, 1.807) is 0 Å². The lowest BCUT2D eigenvalue weighted by Gasteiger charge is -1.96. The zero-order chi connectivity index (χ0) is 11.4. The topological polar surface area (TPSA) is 73.3 Å². The van der Waals surface area contributed by atoms with E-state index in [1.165, 1.54) is 0 Å². The predicted molar refractivity (Wildman–Crippen MR) is 64.8 cm³/mol. The van der Waals surface area contributed by atoms with Gasteiger partial charge in [-0.25, -0.2) is 4.99 Å². The van der Waals surface area contributed by atoms with Crippen LogP contribution in [0.1, 0.15) is 0 Å². The smallest absolute Gasteiger partial charge is 0.190 e. The summed E-state index contributed by atoms with van der Waals surface area (Å²) >= 11 is 3.40. The van der Waals surface area contributed by atoms with Gasteiger partial charge in [-0.1, -0.05) is 30.3 Å². The fraction of sp³-hybridized carbons (Fsp3) is 0. The monoisotopic (exact) mass is 280 g/mol. The molecule has 0 radical (unpaired) electrons. The Hall–Kier alpha value is -1.66. The van der Waals surface area contributed by atoms with Crippen LogP contribution >= 0.6 is 15.9 Å². The van der Waals surface area contributed by atoms with Crippen molar-refractivity contribution in [3.8, 4) is 11.3 Å². The van der Waals surface area contributed by atoms with Crippen molar-refractivity contribution in [2.24, 2.45) is 4.99 Å². The number of benzene rings is 1. The van der Waals surface area contributed by atoms with E-state index in [-0.39, 0.29) is 0 Å². The number of aliphatic imine (C=N–C) groups is 1. The van der Waals surface area contributed by atoms with Crippen LogP contribution in [0.15, 0.2) is 39.8 Å². The van der Waals surface area contributed by atoms with Gasteiger partial charge in [0.2, 0.25) is 0 Å². The Morgan fingerprint density at radius 1 is 1.38 bits per heavy atom. The summed E-state index contributed by atoms with van der Waals surface area (Å²) in [5, 5.41) is 15.3. The second-order valence-electron chi connectivity index (χ2n) is 2.99. The Morgan fingerprint density at radius 3 is 2.81 bits per heavy atom. The van der Waals surface area contributed by atoms with Crippen molar-refractivity contribution in [3.63, 3.8) is 0 Å². The Balaban J connectivity index is 2.38. The standard InChI is InChI=1S/C10H9BrN4O/c11-8-9(7-4-2-1-3-5-7)14-15-10(8)12-6-13-16/h1-6,16H,(H2,12,13,14,15). The average Bonchev–Trinajstić information content (AvgIpc) is 2.69. The van der Waals surface area contributed by atoms with Gasteiger partial charge in [0.05, 0.1) is 10.2 Å². The minimum absolute atomic E-state index is 0.473. The summed E-state index contributed by atoms with van der Waals surface area (Å²) in [5.74, 6) is 0.473. The van der Waals surface area contributed by atoms with Gasteiger partial charge in [0, 0.05) is 5.56 Å². The highest BCUT2D eigenvalue weighted by molar-refractivity contribution is 9.10. The van der Waals surface area contributed by atoms with Crippen LogP contribution in [-0.2, 0) is 0 Å². The second-order valence-corrected chi connectivity index (χ2v) is 3.78. The molecule has 16 heavy (non-hydrogen) atoms. The van der Waals surface area contributed by atoms with E-state index in [0.717, 1.165) is 22.1 Å². The van der Waals surface area contributed by atoms with Gasteiger partial charge in [-0.05, 0) is 15.9 Å². The highest BCUT2D eigenvalue weighted by Crippen LogP contribution is 2.32. The molecule has 0 unspecified atom stereocenters. The third-order valence-corrected chi connectivity index (χ3v) is 2.75. The molecule has 0 aliphatic carbocycles. The van der Waals surface area contributed by atoms with Crippen molar-refractivity contribution < 1.29 is 5.21 Å². The molecule has 1 heterocycles. The number of nitrogens with zero attached hydrogens (tertiary/aromatic N) is 2. The molecule has 2 aromatic rings. The fourth-order valence-corrected chi connectivity index (χ4v) is 1.80. The molecule has 0 aliphatic rings. The first-order valence-electron chi connectivity index (χ1n) is 4.54. The summed E-state index contributed by atoms with van der Waals surface area (Å²) in [7, 11) is 0. The summed E-state index contributed by atoms with van der Waals surface area (Å²) in [4.78, 5) is 3.90. The third kappa shape index (κ3) is 2.12. The molecular weight excluding hydrogens is 272 g/mol. The fourth-order valence-electron chi connectivity index (χ4n) is 1.29.